The van der Waals surface area contributed by atoms with Crippen LogP contribution in [0.15, 0.2) is 42.9 Å². The number of amides is 1. The van der Waals surface area contributed by atoms with Gasteiger partial charge in [0.25, 0.3) is 0 Å². The third-order valence-electron chi connectivity index (χ3n) is 5.89. The molecule has 1 fully saturated rings. The fourth-order valence-corrected chi connectivity index (χ4v) is 4.14. The summed E-state index contributed by atoms with van der Waals surface area (Å²) < 4.78 is 6.85. The smallest absolute Gasteiger partial charge is 0.404 e. The molecule has 1 aliphatic heterocycles. The second kappa shape index (κ2) is 10.3. The predicted molar refractivity (Wildman–Crippen MR) is 119 cm³/mol. The van der Waals surface area contributed by atoms with Crippen LogP contribution in [0.1, 0.15) is 44.6 Å². The van der Waals surface area contributed by atoms with E-state index in [-0.39, 0.29) is 0 Å². The number of piperidine rings is 1. The highest BCUT2D eigenvalue weighted by Gasteiger charge is 2.21. The molecule has 0 aliphatic carbocycles. The third-order valence-corrected chi connectivity index (χ3v) is 5.89. The molecule has 2 aromatic heterocycles. The van der Waals surface area contributed by atoms with Crippen LogP contribution in [-0.2, 0) is 4.74 Å². The van der Waals surface area contributed by atoms with Crippen LogP contribution in [-0.4, -0.2) is 57.0 Å². The van der Waals surface area contributed by atoms with Gasteiger partial charge in [-0.15, -0.1) is 0 Å². The minimum Gasteiger partial charge on any atom is -0.450 e. The van der Waals surface area contributed by atoms with Crippen molar-refractivity contribution in [3.63, 3.8) is 0 Å². The number of likely N-dealkylation sites (tertiary alicyclic amines) is 1. The molecule has 3 aromatic rings. The van der Waals surface area contributed by atoms with E-state index in [9.17, 15) is 4.79 Å². The topological polar surface area (TPSA) is 99.2 Å². The van der Waals surface area contributed by atoms with Gasteiger partial charge in [-0.25, -0.2) is 9.78 Å². The van der Waals surface area contributed by atoms with E-state index in [2.05, 4.69) is 25.9 Å². The van der Waals surface area contributed by atoms with Gasteiger partial charge in [0.2, 0.25) is 0 Å². The molecule has 0 saturated carbocycles. The molecular weight excluding hydrogens is 392 g/mol. The van der Waals surface area contributed by atoms with Crippen molar-refractivity contribution >= 4 is 17.1 Å². The van der Waals surface area contributed by atoms with Crippen molar-refractivity contribution in [1.82, 2.24) is 24.6 Å². The highest BCUT2D eigenvalue weighted by atomic mass is 16.5. The maximum atomic E-state index is 10.5. The monoisotopic (exact) mass is 422 g/mol. The van der Waals surface area contributed by atoms with E-state index < -0.39 is 6.09 Å². The Labute approximate surface area is 182 Å². The number of nitrogens with two attached hydrogens (primary N) is 1. The summed E-state index contributed by atoms with van der Waals surface area (Å²) in [6, 6.07) is 8.35. The minimum absolute atomic E-state index is 0.428. The van der Waals surface area contributed by atoms with Crippen LogP contribution in [0, 0.1) is 0 Å². The standard InChI is InChI=1S/C23H30N6O2/c24-23(30)31-14-6-2-1-5-11-28-12-9-19(10-13-28)29-17-18(15-26-29)22-16-25-20-7-3-4-8-21(20)27-22/h3-4,7-8,15-17,19H,1-2,5-6,9-14H2,(H2,24,30). The number of fused-ring (bicyclic) bond motifs is 1. The summed E-state index contributed by atoms with van der Waals surface area (Å²) >= 11 is 0. The third kappa shape index (κ3) is 5.79. The first-order chi connectivity index (χ1) is 15.2. The molecule has 1 aliphatic rings. The number of hydrogen-bond acceptors (Lipinski definition) is 6. The fraction of sp³-hybridized carbons (Fsp3) is 0.478. The quantitative estimate of drug-likeness (QED) is 0.527. The van der Waals surface area contributed by atoms with Crippen LogP contribution < -0.4 is 5.73 Å². The molecule has 0 unspecified atom stereocenters. The van der Waals surface area contributed by atoms with Crippen LogP contribution in [0.5, 0.6) is 0 Å². The molecule has 3 heterocycles. The van der Waals surface area contributed by atoms with Gasteiger partial charge >= 0.3 is 6.09 Å². The van der Waals surface area contributed by atoms with Gasteiger partial charge in [-0.1, -0.05) is 25.0 Å². The Bertz CT molecular complexity index is 996. The van der Waals surface area contributed by atoms with E-state index in [1.54, 1.807) is 0 Å². The van der Waals surface area contributed by atoms with E-state index in [0.717, 1.165) is 74.0 Å². The van der Waals surface area contributed by atoms with Crippen LogP contribution in [0.4, 0.5) is 4.79 Å². The normalized spacial score (nSPS) is 15.4. The molecule has 1 amide bonds. The van der Waals surface area contributed by atoms with E-state index in [4.69, 9.17) is 15.5 Å². The second-order valence-corrected chi connectivity index (χ2v) is 8.11. The van der Waals surface area contributed by atoms with Gasteiger partial charge in [-0.05, 0) is 44.4 Å². The molecule has 4 rings (SSSR count). The molecule has 164 valence electrons. The van der Waals surface area contributed by atoms with Crippen LogP contribution in [0.25, 0.3) is 22.3 Å². The second-order valence-electron chi connectivity index (χ2n) is 8.11. The van der Waals surface area contributed by atoms with Gasteiger partial charge in [-0.2, -0.15) is 5.10 Å². The first kappa shape index (κ1) is 21.2. The van der Waals surface area contributed by atoms with Crippen molar-refractivity contribution in [2.75, 3.05) is 26.2 Å². The highest BCUT2D eigenvalue weighted by molar-refractivity contribution is 5.76. The molecule has 0 spiro atoms. The van der Waals surface area contributed by atoms with Crippen molar-refractivity contribution in [2.24, 2.45) is 5.73 Å². The van der Waals surface area contributed by atoms with Crippen molar-refractivity contribution in [3.05, 3.63) is 42.9 Å². The van der Waals surface area contributed by atoms with Gasteiger partial charge < -0.3 is 15.4 Å². The number of para-hydroxylation sites is 2. The Kier molecular flexibility index (Phi) is 7.09. The lowest BCUT2D eigenvalue weighted by Crippen LogP contribution is -2.35. The van der Waals surface area contributed by atoms with Crippen LogP contribution in [0.2, 0.25) is 0 Å². The van der Waals surface area contributed by atoms with Crippen molar-refractivity contribution in [3.8, 4) is 11.3 Å². The first-order valence-corrected chi connectivity index (χ1v) is 11.1. The molecule has 31 heavy (non-hydrogen) atoms. The summed E-state index contributed by atoms with van der Waals surface area (Å²) in [6.45, 7) is 3.75. The SMILES string of the molecule is NC(=O)OCCCCCCN1CCC(n2cc(-c3cnc4ccccc4n3)cn2)CC1. The number of carbonyl (C=O) groups is 1. The Morgan fingerprint density at radius 3 is 2.65 bits per heavy atom. The lowest BCUT2D eigenvalue weighted by molar-refractivity contribution is 0.153. The molecule has 0 bridgehead atoms. The number of rotatable bonds is 9. The van der Waals surface area contributed by atoms with E-state index in [0.29, 0.717) is 12.6 Å². The molecule has 8 heteroatoms. The van der Waals surface area contributed by atoms with Crippen molar-refractivity contribution < 1.29 is 9.53 Å². The van der Waals surface area contributed by atoms with Crippen molar-refractivity contribution in [1.29, 1.82) is 0 Å². The van der Waals surface area contributed by atoms with E-state index in [1.807, 2.05) is 36.7 Å². The zero-order chi connectivity index (χ0) is 21.5. The minimum atomic E-state index is -0.683. The molecule has 0 atom stereocenters. The maximum absolute atomic E-state index is 10.5. The molecule has 1 aromatic carbocycles. The first-order valence-electron chi connectivity index (χ1n) is 11.1. The van der Waals surface area contributed by atoms with Crippen LogP contribution >= 0.6 is 0 Å². The Morgan fingerprint density at radius 2 is 1.84 bits per heavy atom. The molecule has 8 nitrogen and oxygen atoms in total. The lowest BCUT2D eigenvalue weighted by atomic mass is 10.0. The summed E-state index contributed by atoms with van der Waals surface area (Å²) in [5.74, 6) is 0. The maximum Gasteiger partial charge on any atom is 0.404 e. The number of hydrogen-bond donors (Lipinski definition) is 1. The zero-order valence-electron chi connectivity index (χ0n) is 17.8. The molecule has 0 radical (unpaired) electrons. The van der Waals surface area contributed by atoms with Gasteiger partial charge in [-0.3, -0.25) is 9.67 Å². The fourth-order valence-electron chi connectivity index (χ4n) is 4.14. The van der Waals surface area contributed by atoms with Gasteiger partial charge in [0.05, 0.1) is 41.8 Å². The Hall–Kier alpha value is -3.00. The average molecular weight is 423 g/mol. The van der Waals surface area contributed by atoms with Gasteiger partial charge in [0, 0.05) is 24.8 Å². The number of primary amides is 1. The van der Waals surface area contributed by atoms with Crippen LogP contribution in [0.3, 0.4) is 0 Å². The summed E-state index contributed by atoms with van der Waals surface area (Å²) in [5, 5.41) is 4.62. The molecule has 1 saturated heterocycles. The predicted octanol–water partition coefficient (Wildman–Crippen LogP) is 3.79. The van der Waals surface area contributed by atoms with Gasteiger partial charge in [0.1, 0.15) is 0 Å². The zero-order valence-corrected chi connectivity index (χ0v) is 17.8. The molecule has 2 N–H and O–H groups in total. The van der Waals surface area contributed by atoms with E-state index in [1.165, 1.54) is 6.42 Å². The Morgan fingerprint density at radius 1 is 1.06 bits per heavy atom. The number of benzene rings is 1. The van der Waals surface area contributed by atoms with Gasteiger partial charge in [0.15, 0.2) is 0 Å². The largest absolute Gasteiger partial charge is 0.450 e. The summed E-state index contributed by atoms with van der Waals surface area (Å²) in [5.41, 5.74) is 8.65. The summed E-state index contributed by atoms with van der Waals surface area (Å²) in [6.07, 6.45) is 11.6. The summed E-state index contributed by atoms with van der Waals surface area (Å²) in [4.78, 5) is 22.3. The summed E-state index contributed by atoms with van der Waals surface area (Å²) in [7, 11) is 0. The molecular formula is C23H30N6O2. The van der Waals surface area contributed by atoms with Crippen molar-refractivity contribution in [2.45, 2.75) is 44.6 Å². The number of carbonyl (C=O) groups excluding carboxylic acids is 1. The van der Waals surface area contributed by atoms with E-state index >= 15 is 0 Å². The number of aromatic nitrogens is 4. The average Bonchev–Trinajstić information content (AvgIpc) is 3.29. The Balaban J connectivity index is 1.21. The number of nitrogens with zero attached hydrogens (tertiary/aromatic N) is 5. The lowest BCUT2D eigenvalue weighted by Gasteiger charge is -2.32. The number of unbranched alkanes of at least 4 members (excludes halogenated alkanes) is 3. The number of ether oxygens (including phenoxy) is 1. The highest BCUT2D eigenvalue weighted by Crippen LogP contribution is 2.25.